The zero-order chi connectivity index (χ0) is 15.8. The molecule has 0 unspecified atom stereocenters. The van der Waals surface area contributed by atoms with Gasteiger partial charge in [-0.25, -0.2) is 8.78 Å². The Kier molecular flexibility index (Phi) is 3.11. The van der Waals surface area contributed by atoms with Gasteiger partial charge in [-0.15, -0.1) is 0 Å². The Morgan fingerprint density at radius 1 is 0.955 bits per heavy atom. The molecule has 0 spiro atoms. The highest BCUT2D eigenvalue weighted by Crippen LogP contribution is 2.66. The highest BCUT2D eigenvalue weighted by atomic mass is 19.3. The van der Waals surface area contributed by atoms with Gasteiger partial charge in [0, 0.05) is 24.7 Å². The van der Waals surface area contributed by atoms with Gasteiger partial charge in [0.05, 0.1) is 0 Å². The standard InChI is InChI=1S/C19H28F2O/c1-17-9-10-19(20,21)11-12(17)3-4-13-14-5-6-16(22)18(14,2)8-7-15(13)17/h12-15H,3-11H2,1-2H3/t12-,13+,14+,15+,17-,18-/m0/s1. The normalized spacial score (nSPS) is 53.5. The van der Waals surface area contributed by atoms with Crippen LogP contribution < -0.4 is 0 Å². The first-order chi connectivity index (χ1) is 10.3. The molecule has 0 saturated heterocycles. The minimum Gasteiger partial charge on any atom is -0.299 e. The predicted octanol–water partition coefficient (Wildman–Crippen LogP) is 5.23. The van der Waals surface area contributed by atoms with Crippen LogP contribution in [0.3, 0.4) is 0 Å². The van der Waals surface area contributed by atoms with Crippen molar-refractivity contribution in [2.75, 3.05) is 0 Å². The quantitative estimate of drug-likeness (QED) is 0.598. The molecule has 3 heteroatoms. The van der Waals surface area contributed by atoms with Crippen molar-refractivity contribution in [2.45, 2.75) is 77.6 Å². The first-order valence-electron chi connectivity index (χ1n) is 9.17. The molecule has 4 rings (SSSR count). The van der Waals surface area contributed by atoms with Gasteiger partial charge in [-0.2, -0.15) is 0 Å². The Morgan fingerprint density at radius 3 is 2.50 bits per heavy atom. The molecule has 0 radical (unpaired) electrons. The van der Waals surface area contributed by atoms with Crippen molar-refractivity contribution >= 4 is 5.78 Å². The Hall–Kier alpha value is -0.470. The maximum absolute atomic E-state index is 13.9. The lowest BCUT2D eigenvalue weighted by molar-refractivity contribution is -0.163. The molecule has 4 aliphatic rings. The molecule has 0 bridgehead atoms. The molecule has 6 atom stereocenters. The Balaban J connectivity index is 1.63. The molecule has 0 amide bonds. The van der Waals surface area contributed by atoms with E-state index in [4.69, 9.17) is 0 Å². The third kappa shape index (κ3) is 1.89. The fourth-order valence-electron chi connectivity index (χ4n) is 6.95. The van der Waals surface area contributed by atoms with E-state index in [0.717, 1.165) is 38.5 Å². The van der Waals surface area contributed by atoms with E-state index in [1.54, 1.807) is 0 Å². The van der Waals surface area contributed by atoms with Crippen LogP contribution in [-0.4, -0.2) is 11.7 Å². The summed E-state index contributed by atoms with van der Waals surface area (Å²) >= 11 is 0. The predicted molar refractivity (Wildman–Crippen MR) is 81.7 cm³/mol. The number of ketones is 1. The highest BCUT2D eigenvalue weighted by Gasteiger charge is 2.61. The summed E-state index contributed by atoms with van der Waals surface area (Å²) in [4.78, 5) is 12.4. The van der Waals surface area contributed by atoms with E-state index in [9.17, 15) is 13.6 Å². The van der Waals surface area contributed by atoms with Gasteiger partial charge < -0.3 is 0 Å². The lowest BCUT2D eigenvalue weighted by Gasteiger charge is -2.60. The number of carbonyl (C=O) groups excluding carboxylic acids is 1. The van der Waals surface area contributed by atoms with Gasteiger partial charge in [-0.3, -0.25) is 4.79 Å². The van der Waals surface area contributed by atoms with E-state index >= 15 is 0 Å². The maximum atomic E-state index is 13.9. The van der Waals surface area contributed by atoms with Crippen molar-refractivity contribution in [2.24, 2.45) is 34.5 Å². The number of Topliss-reactive ketones (excluding diaryl/α,β-unsaturated/α-hetero) is 1. The molecule has 1 nitrogen and oxygen atoms in total. The molecule has 0 aromatic carbocycles. The molecule has 22 heavy (non-hydrogen) atoms. The number of hydrogen-bond donors (Lipinski definition) is 0. The summed E-state index contributed by atoms with van der Waals surface area (Å²) in [5, 5.41) is 0. The number of fused-ring (bicyclic) bond motifs is 5. The Labute approximate surface area is 132 Å². The van der Waals surface area contributed by atoms with Crippen LogP contribution in [0.15, 0.2) is 0 Å². The molecule has 0 aromatic heterocycles. The van der Waals surface area contributed by atoms with E-state index in [0.29, 0.717) is 30.0 Å². The van der Waals surface area contributed by atoms with Crippen molar-refractivity contribution in [3.05, 3.63) is 0 Å². The van der Waals surface area contributed by atoms with E-state index in [2.05, 4.69) is 13.8 Å². The van der Waals surface area contributed by atoms with Gasteiger partial charge in [0.25, 0.3) is 0 Å². The molecule has 0 N–H and O–H groups in total. The van der Waals surface area contributed by atoms with Crippen molar-refractivity contribution in [1.82, 2.24) is 0 Å². The molecule has 124 valence electrons. The molecule has 4 fully saturated rings. The van der Waals surface area contributed by atoms with Gasteiger partial charge in [0.2, 0.25) is 5.92 Å². The van der Waals surface area contributed by atoms with Crippen LogP contribution in [0.1, 0.15) is 71.6 Å². The van der Waals surface area contributed by atoms with Crippen LogP contribution in [0.2, 0.25) is 0 Å². The first kappa shape index (κ1) is 15.1. The third-order valence-corrected chi connectivity index (χ3v) is 8.35. The SMILES string of the molecule is C[C@]12CCC(F)(F)C[C@@H]1CC[C@H]1[C@H]2CC[C@]2(C)C(=O)CC[C@H]12. The summed E-state index contributed by atoms with van der Waals surface area (Å²) in [6.07, 6.45) is 6.78. The molecular formula is C19H28F2O. The Morgan fingerprint density at radius 2 is 1.73 bits per heavy atom. The minimum atomic E-state index is -2.44. The first-order valence-corrected chi connectivity index (χ1v) is 9.17. The van der Waals surface area contributed by atoms with Crippen molar-refractivity contribution in [3.8, 4) is 0 Å². The number of halogens is 2. The average Bonchev–Trinajstić information content (AvgIpc) is 2.76. The van der Waals surface area contributed by atoms with Crippen LogP contribution in [-0.2, 0) is 4.79 Å². The van der Waals surface area contributed by atoms with Gasteiger partial charge in [0.15, 0.2) is 0 Å². The van der Waals surface area contributed by atoms with Crippen LogP contribution in [0.4, 0.5) is 8.78 Å². The van der Waals surface area contributed by atoms with Gasteiger partial charge in [-0.05, 0) is 67.6 Å². The van der Waals surface area contributed by atoms with E-state index < -0.39 is 5.92 Å². The zero-order valence-corrected chi connectivity index (χ0v) is 13.8. The van der Waals surface area contributed by atoms with E-state index in [1.807, 2.05) is 0 Å². The fourth-order valence-corrected chi connectivity index (χ4v) is 6.95. The largest absolute Gasteiger partial charge is 0.299 e. The molecule has 4 aliphatic carbocycles. The van der Waals surface area contributed by atoms with Crippen molar-refractivity contribution in [3.63, 3.8) is 0 Å². The van der Waals surface area contributed by atoms with Gasteiger partial charge in [-0.1, -0.05) is 13.8 Å². The summed E-state index contributed by atoms with van der Waals surface area (Å²) in [5.74, 6) is -0.0652. The molecule has 0 heterocycles. The number of hydrogen-bond acceptors (Lipinski definition) is 1. The van der Waals surface area contributed by atoms with Crippen LogP contribution >= 0.6 is 0 Å². The van der Waals surface area contributed by atoms with Crippen LogP contribution in [0, 0.1) is 34.5 Å². The van der Waals surface area contributed by atoms with Crippen molar-refractivity contribution in [1.29, 1.82) is 0 Å². The van der Waals surface area contributed by atoms with E-state index in [-0.39, 0.29) is 29.6 Å². The minimum absolute atomic E-state index is 0.0735. The second kappa shape index (κ2) is 4.54. The lowest BCUT2D eigenvalue weighted by Crippen LogP contribution is -2.54. The number of rotatable bonds is 0. The number of carbonyl (C=O) groups is 1. The topological polar surface area (TPSA) is 17.1 Å². The molecule has 0 aliphatic heterocycles. The second-order valence-electron chi connectivity index (χ2n) is 9.14. The summed E-state index contributed by atoms with van der Waals surface area (Å²) in [6, 6.07) is 0. The molecule has 0 aromatic rings. The van der Waals surface area contributed by atoms with Crippen molar-refractivity contribution < 1.29 is 13.6 Å². The van der Waals surface area contributed by atoms with Crippen LogP contribution in [0.5, 0.6) is 0 Å². The average molecular weight is 310 g/mol. The summed E-state index contributed by atoms with van der Waals surface area (Å²) in [5.41, 5.74) is 0.000528. The Bertz CT molecular complexity index is 502. The molecular weight excluding hydrogens is 282 g/mol. The third-order valence-electron chi connectivity index (χ3n) is 8.35. The highest BCUT2D eigenvalue weighted by molar-refractivity contribution is 5.87. The smallest absolute Gasteiger partial charge is 0.248 e. The number of alkyl halides is 2. The maximum Gasteiger partial charge on any atom is 0.248 e. The summed E-state index contributed by atoms with van der Waals surface area (Å²) in [6.45, 7) is 4.48. The lowest BCUT2D eigenvalue weighted by atomic mass is 9.45. The zero-order valence-electron chi connectivity index (χ0n) is 13.8. The molecule has 4 saturated carbocycles. The summed E-state index contributed by atoms with van der Waals surface area (Å²) in [7, 11) is 0. The fraction of sp³-hybridized carbons (Fsp3) is 0.947. The van der Waals surface area contributed by atoms with Crippen LogP contribution in [0.25, 0.3) is 0 Å². The van der Waals surface area contributed by atoms with Gasteiger partial charge in [0.1, 0.15) is 5.78 Å². The second-order valence-corrected chi connectivity index (χ2v) is 9.14. The van der Waals surface area contributed by atoms with Gasteiger partial charge >= 0.3 is 0 Å². The monoisotopic (exact) mass is 310 g/mol. The summed E-state index contributed by atoms with van der Waals surface area (Å²) < 4.78 is 27.7. The van der Waals surface area contributed by atoms with E-state index in [1.165, 1.54) is 0 Å².